The molecule has 0 spiro atoms. The number of carbonyl (C=O) groups excluding carboxylic acids is 2. The molecule has 0 aromatic heterocycles. The normalized spacial score (nSPS) is 11.5. The van der Waals surface area contributed by atoms with E-state index in [-0.39, 0.29) is 11.8 Å². The van der Waals surface area contributed by atoms with Gasteiger partial charge in [0.25, 0.3) is 11.8 Å². The molecule has 2 rings (SSSR count). The quantitative estimate of drug-likeness (QED) is 0.630. The number of rotatable bonds is 10. The topological polar surface area (TPSA) is 76.7 Å². The Morgan fingerprint density at radius 3 is 2.44 bits per heavy atom. The number of anilines is 1. The molecule has 27 heavy (non-hydrogen) atoms. The molecule has 0 radical (unpaired) electrons. The zero-order valence-corrected chi connectivity index (χ0v) is 15.7. The molecule has 0 heterocycles. The van der Waals surface area contributed by atoms with Gasteiger partial charge in [-0.15, -0.1) is 0 Å². The lowest BCUT2D eigenvalue weighted by Gasteiger charge is -2.18. The maximum atomic E-state index is 12.6. The third kappa shape index (κ3) is 6.42. The average molecular weight is 370 g/mol. The molecule has 2 aromatic rings. The molecule has 6 nitrogen and oxygen atoms in total. The molecule has 2 amide bonds. The van der Waals surface area contributed by atoms with Gasteiger partial charge in [0, 0.05) is 20.3 Å². The van der Waals surface area contributed by atoms with E-state index in [4.69, 9.17) is 9.47 Å². The van der Waals surface area contributed by atoms with Crippen LogP contribution in [0.1, 0.15) is 30.1 Å². The Labute approximate surface area is 159 Å². The summed E-state index contributed by atoms with van der Waals surface area (Å²) < 4.78 is 10.7. The van der Waals surface area contributed by atoms with Crippen molar-refractivity contribution in [3.8, 4) is 5.75 Å². The van der Waals surface area contributed by atoms with Crippen molar-refractivity contribution in [1.29, 1.82) is 0 Å². The van der Waals surface area contributed by atoms with Crippen LogP contribution in [0.5, 0.6) is 5.75 Å². The van der Waals surface area contributed by atoms with Gasteiger partial charge in [-0.1, -0.05) is 37.3 Å². The van der Waals surface area contributed by atoms with Gasteiger partial charge in [0.2, 0.25) is 0 Å². The van der Waals surface area contributed by atoms with Crippen LogP contribution in [-0.4, -0.2) is 38.2 Å². The summed E-state index contributed by atoms with van der Waals surface area (Å²) in [5.41, 5.74) is 0.875. The molecule has 0 fully saturated rings. The van der Waals surface area contributed by atoms with Crippen molar-refractivity contribution in [1.82, 2.24) is 5.32 Å². The first-order valence-electron chi connectivity index (χ1n) is 9.04. The first-order valence-corrected chi connectivity index (χ1v) is 9.04. The first kappa shape index (κ1) is 20.5. The van der Waals surface area contributed by atoms with Crippen molar-refractivity contribution in [3.05, 3.63) is 60.2 Å². The summed E-state index contributed by atoms with van der Waals surface area (Å²) in [6.07, 6.45) is 0.580. The summed E-state index contributed by atoms with van der Waals surface area (Å²) in [6.45, 7) is 2.96. The molecular formula is C21H26N2O4. The van der Waals surface area contributed by atoms with Crippen molar-refractivity contribution >= 4 is 17.5 Å². The maximum absolute atomic E-state index is 12.6. The lowest BCUT2D eigenvalue weighted by molar-refractivity contribution is -0.122. The molecule has 2 N–H and O–H groups in total. The van der Waals surface area contributed by atoms with Gasteiger partial charge in [0.1, 0.15) is 5.75 Å². The van der Waals surface area contributed by atoms with Gasteiger partial charge in [-0.3, -0.25) is 9.59 Å². The SMILES string of the molecule is CC[C@@H](Oc1ccccc1)C(=O)Nc1ccccc1C(=O)NCCCOC. The van der Waals surface area contributed by atoms with E-state index in [0.717, 1.165) is 6.42 Å². The summed E-state index contributed by atoms with van der Waals surface area (Å²) in [7, 11) is 1.62. The predicted octanol–water partition coefficient (Wildman–Crippen LogP) is 3.25. The number of hydrogen-bond donors (Lipinski definition) is 2. The van der Waals surface area contributed by atoms with Crippen LogP contribution in [0.3, 0.4) is 0 Å². The Morgan fingerprint density at radius 1 is 1.04 bits per heavy atom. The van der Waals surface area contributed by atoms with Crippen molar-refractivity contribution in [2.24, 2.45) is 0 Å². The Balaban J connectivity index is 2.02. The number of para-hydroxylation sites is 2. The summed E-state index contributed by atoms with van der Waals surface area (Å²) in [6, 6.07) is 16.1. The van der Waals surface area contributed by atoms with E-state index in [9.17, 15) is 9.59 Å². The third-order valence-electron chi connectivity index (χ3n) is 3.93. The van der Waals surface area contributed by atoms with E-state index in [2.05, 4.69) is 10.6 Å². The summed E-state index contributed by atoms with van der Waals surface area (Å²) in [4.78, 5) is 25.0. The molecule has 0 unspecified atom stereocenters. The van der Waals surface area contributed by atoms with E-state index in [1.165, 1.54) is 0 Å². The largest absolute Gasteiger partial charge is 0.481 e. The highest BCUT2D eigenvalue weighted by atomic mass is 16.5. The van der Waals surface area contributed by atoms with Gasteiger partial charge in [0.05, 0.1) is 11.3 Å². The predicted molar refractivity (Wildman–Crippen MR) is 105 cm³/mol. The highest BCUT2D eigenvalue weighted by Gasteiger charge is 2.20. The Hall–Kier alpha value is -2.86. The molecule has 0 aliphatic heterocycles. The van der Waals surface area contributed by atoms with Crippen LogP contribution in [0, 0.1) is 0 Å². The number of hydrogen-bond acceptors (Lipinski definition) is 4. The summed E-state index contributed by atoms with van der Waals surface area (Å²) in [5, 5.41) is 5.64. The molecule has 0 saturated carbocycles. The summed E-state index contributed by atoms with van der Waals surface area (Å²) >= 11 is 0. The van der Waals surface area contributed by atoms with Gasteiger partial charge >= 0.3 is 0 Å². The van der Waals surface area contributed by atoms with Crippen molar-refractivity contribution < 1.29 is 19.1 Å². The fourth-order valence-corrected chi connectivity index (χ4v) is 2.50. The van der Waals surface area contributed by atoms with Gasteiger partial charge in [0.15, 0.2) is 6.10 Å². The second kappa shape index (κ2) is 11.0. The maximum Gasteiger partial charge on any atom is 0.265 e. The van der Waals surface area contributed by atoms with Crippen LogP contribution >= 0.6 is 0 Å². The van der Waals surface area contributed by atoms with Crippen molar-refractivity contribution in [2.75, 3.05) is 25.6 Å². The second-order valence-corrected chi connectivity index (χ2v) is 5.96. The molecule has 6 heteroatoms. The monoisotopic (exact) mass is 370 g/mol. The molecule has 0 aliphatic carbocycles. The average Bonchev–Trinajstić information content (AvgIpc) is 2.70. The second-order valence-electron chi connectivity index (χ2n) is 5.96. The van der Waals surface area contributed by atoms with E-state index < -0.39 is 6.10 Å². The van der Waals surface area contributed by atoms with Gasteiger partial charge in [-0.05, 0) is 37.1 Å². The van der Waals surface area contributed by atoms with Crippen LogP contribution in [0.25, 0.3) is 0 Å². The highest BCUT2D eigenvalue weighted by molar-refractivity contribution is 6.04. The molecule has 1 atom stereocenters. The number of amides is 2. The van der Waals surface area contributed by atoms with Gasteiger partial charge in [-0.2, -0.15) is 0 Å². The van der Waals surface area contributed by atoms with Crippen LogP contribution in [0.4, 0.5) is 5.69 Å². The molecule has 144 valence electrons. The standard InChI is InChI=1S/C21H26N2O4/c1-3-19(27-16-10-5-4-6-11-16)21(25)23-18-13-8-7-12-17(18)20(24)22-14-9-15-26-2/h4-8,10-13,19H,3,9,14-15H2,1-2H3,(H,22,24)(H,23,25)/t19-/m1/s1. The molecular weight excluding hydrogens is 344 g/mol. The van der Waals surface area contributed by atoms with E-state index in [1.807, 2.05) is 25.1 Å². The zero-order valence-electron chi connectivity index (χ0n) is 15.7. The lowest BCUT2D eigenvalue weighted by Crippen LogP contribution is -2.33. The Kier molecular flexibility index (Phi) is 8.32. The van der Waals surface area contributed by atoms with Crippen LogP contribution < -0.4 is 15.4 Å². The molecule has 0 bridgehead atoms. The minimum atomic E-state index is -0.648. The first-order chi connectivity index (χ1) is 13.2. The van der Waals surface area contributed by atoms with Crippen LogP contribution in [0.2, 0.25) is 0 Å². The zero-order chi connectivity index (χ0) is 19.5. The molecule has 2 aromatic carbocycles. The summed E-state index contributed by atoms with van der Waals surface area (Å²) in [5.74, 6) is 0.101. The number of carbonyl (C=O) groups is 2. The Morgan fingerprint density at radius 2 is 1.74 bits per heavy atom. The van der Waals surface area contributed by atoms with E-state index >= 15 is 0 Å². The number of methoxy groups -OCH3 is 1. The van der Waals surface area contributed by atoms with Crippen LogP contribution in [0.15, 0.2) is 54.6 Å². The number of benzene rings is 2. The van der Waals surface area contributed by atoms with Gasteiger partial charge < -0.3 is 20.1 Å². The minimum Gasteiger partial charge on any atom is -0.481 e. The molecule has 0 aliphatic rings. The van der Waals surface area contributed by atoms with E-state index in [1.54, 1.807) is 43.5 Å². The molecule has 0 saturated heterocycles. The third-order valence-corrected chi connectivity index (χ3v) is 3.93. The van der Waals surface area contributed by atoms with E-state index in [0.29, 0.717) is 36.6 Å². The van der Waals surface area contributed by atoms with Gasteiger partial charge in [-0.25, -0.2) is 0 Å². The Bertz CT molecular complexity index is 734. The van der Waals surface area contributed by atoms with Crippen molar-refractivity contribution in [2.45, 2.75) is 25.9 Å². The smallest absolute Gasteiger partial charge is 0.265 e. The highest BCUT2D eigenvalue weighted by Crippen LogP contribution is 2.18. The van der Waals surface area contributed by atoms with Crippen LogP contribution in [-0.2, 0) is 9.53 Å². The fourth-order valence-electron chi connectivity index (χ4n) is 2.50. The lowest BCUT2D eigenvalue weighted by atomic mass is 10.1. The number of nitrogens with one attached hydrogen (secondary N) is 2. The van der Waals surface area contributed by atoms with Crippen molar-refractivity contribution in [3.63, 3.8) is 0 Å². The minimum absolute atomic E-state index is 0.237. The fraction of sp³-hybridized carbons (Fsp3) is 0.333. The number of ether oxygens (including phenoxy) is 2.